The summed E-state index contributed by atoms with van der Waals surface area (Å²) in [5.41, 5.74) is 0. The van der Waals surface area contributed by atoms with Crippen molar-refractivity contribution in [1.82, 2.24) is 0 Å². The molecule has 0 aromatic carbocycles. The smallest absolute Gasteiger partial charge is 0.870 e. The van der Waals surface area contributed by atoms with Gasteiger partial charge in [0.15, 0.2) is 4.30 Å². The number of aliphatic hydroxyl groups excluding tert-OH is 1. The molecule has 8 heavy (non-hydrogen) atoms. The number of alkyl halides is 3. The largest absolute Gasteiger partial charge is 1.00 e. The zero-order valence-electron chi connectivity index (χ0n) is 4.61. The summed E-state index contributed by atoms with van der Waals surface area (Å²) in [6, 6.07) is 0. The maximum atomic E-state index is 7.00. The number of hydrogen-bond donors (Lipinski definition) is 1. The summed E-state index contributed by atoms with van der Waals surface area (Å²) in [5, 5.41) is 7.00. The van der Waals surface area contributed by atoms with Crippen molar-refractivity contribution in [3.63, 3.8) is 0 Å². The van der Waals surface area contributed by atoms with Gasteiger partial charge in [-0.3, -0.25) is 0 Å². The molecule has 0 aliphatic carbocycles. The van der Waals surface area contributed by atoms with Gasteiger partial charge in [0.1, 0.15) is 0 Å². The van der Waals surface area contributed by atoms with E-state index in [1.54, 1.807) is 0 Å². The van der Waals surface area contributed by atoms with Crippen LogP contribution in [0.3, 0.4) is 0 Å². The van der Waals surface area contributed by atoms with Gasteiger partial charge >= 0.3 is 29.6 Å². The van der Waals surface area contributed by atoms with Gasteiger partial charge in [-0.2, -0.15) is 0 Å². The summed E-state index contributed by atoms with van der Waals surface area (Å²) >= 11 is 14.4. The summed E-state index contributed by atoms with van der Waals surface area (Å²) in [6.07, 6.45) is 0. The molecule has 0 bridgehead atoms. The van der Waals surface area contributed by atoms with Crippen LogP contribution in [0.4, 0.5) is 0 Å². The van der Waals surface area contributed by atoms with Crippen molar-refractivity contribution in [1.29, 1.82) is 0 Å². The van der Waals surface area contributed by atoms with Crippen molar-refractivity contribution in [3.8, 4) is 0 Å². The third-order valence-electron chi connectivity index (χ3n) is 0. The first-order valence-electron chi connectivity index (χ1n) is 1.10. The van der Waals surface area contributed by atoms with E-state index >= 15 is 0 Å². The molecule has 0 aliphatic rings. The zero-order chi connectivity index (χ0) is 5.58. The van der Waals surface area contributed by atoms with Gasteiger partial charge in [0.25, 0.3) is 0 Å². The first-order valence-corrected chi connectivity index (χ1v) is 2.41. The van der Waals surface area contributed by atoms with Crippen LogP contribution in [0.2, 0.25) is 0 Å². The van der Waals surface area contributed by atoms with E-state index < -0.39 is 4.30 Å². The minimum atomic E-state index is -0.750. The molecule has 6 heteroatoms. The van der Waals surface area contributed by atoms with E-state index in [0.29, 0.717) is 0 Å². The van der Waals surface area contributed by atoms with Crippen molar-refractivity contribution in [2.45, 2.75) is 4.30 Å². The minimum Gasteiger partial charge on any atom is -0.870 e. The molecule has 0 saturated heterocycles. The van der Waals surface area contributed by atoms with Gasteiger partial charge in [0.2, 0.25) is 0 Å². The standard InChI is InChI=1S/CHCl3.CH4O.Na.H2O/c2-1(3)4;1-2;;/h1H;2H,1H3;;1H2/q;;+1;/p-1. The molecule has 0 fully saturated rings. The Morgan fingerprint density at radius 2 is 1.12 bits per heavy atom. The molecule has 0 aromatic rings. The topological polar surface area (TPSA) is 50.2 Å². The normalized spacial score (nSPS) is 5.25. The quantitative estimate of drug-likeness (QED) is 0.371. The van der Waals surface area contributed by atoms with Crippen molar-refractivity contribution < 1.29 is 40.1 Å². The third kappa shape index (κ3) is 112. The van der Waals surface area contributed by atoms with Crippen molar-refractivity contribution >= 4 is 34.8 Å². The molecule has 0 radical (unpaired) electrons. The summed E-state index contributed by atoms with van der Waals surface area (Å²) < 4.78 is -0.750. The fraction of sp³-hybridized carbons (Fsp3) is 1.00. The van der Waals surface area contributed by atoms with E-state index in [1.165, 1.54) is 0 Å². The van der Waals surface area contributed by atoms with E-state index in [1.807, 2.05) is 0 Å². The Hall–Kier alpha value is 1.79. The van der Waals surface area contributed by atoms with E-state index in [2.05, 4.69) is 0 Å². The van der Waals surface area contributed by atoms with Crippen LogP contribution in [0.1, 0.15) is 0 Å². The number of halogens is 3. The van der Waals surface area contributed by atoms with Crippen LogP contribution in [0, 0.1) is 0 Å². The minimum absolute atomic E-state index is 0. The molecular formula is C2H6Cl3NaO2. The van der Waals surface area contributed by atoms with E-state index in [4.69, 9.17) is 39.9 Å². The van der Waals surface area contributed by atoms with Crippen LogP contribution in [-0.4, -0.2) is 22.0 Å². The molecule has 0 saturated carbocycles. The fourth-order valence-corrected chi connectivity index (χ4v) is 0. The molecule has 2 N–H and O–H groups in total. The van der Waals surface area contributed by atoms with Gasteiger partial charge in [-0.05, 0) is 0 Å². The first kappa shape index (κ1) is 22.6. The number of hydrogen-bond acceptors (Lipinski definition) is 2. The Balaban J connectivity index is -0.0000000183. The predicted octanol–water partition coefficient (Wildman–Crippen LogP) is -1.58. The Morgan fingerprint density at radius 1 is 1.12 bits per heavy atom. The van der Waals surface area contributed by atoms with Crippen LogP contribution < -0.4 is 29.6 Å². The fourth-order valence-electron chi connectivity index (χ4n) is 0. The summed E-state index contributed by atoms with van der Waals surface area (Å²) in [7, 11) is 1.00. The van der Waals surface area contributed by atoms with Crippen molar-refractivity contribution in [3.05, 3.63) is 0 Å². The van der Waals surface area contributed by atoms with Gasteiger partial charge in [-0.15, -0.1) is 0 Å². The Morgan fingerprint density at radius 3 is 1.12 bits per heavy atom. The zero-order valence-corrected chi connectivity index (χ0v) is 8.87. The molecule has 0 spiro atoms. The number of aliphatic hydroxyl groups is 1. The maximum Gasteiger partial charge on any atom is 1.00 e. The second-order valence-electron chi connectivity index (χ2n) is 0.247. The number of rotatable bonds is 0. The molecule has 0 unspecified atom stereocenters. The summed E-state index contributed by atoms with van der Waals surface area (Å²) in [5.74, 6) is 0. The average molecular weight is 191 g/mol. The SMILES string of the molecule is CO.ClC(Cl)Cl.[Na+].[OH-]. The molecular weight excluding hydrogens is 185 g/mol. The van der Waals surface area contributed by atoms with E-state index in [-0.39, 0.29) is 35.0 Å². The Labute approximate surface area is 85.7 Å². The first-order chi connectivity index (χ1) is 2.73. The molecule has 2 nitrogen and oxygen atoms in total. The van der Waals surface area contributed by atoms with Gasteiger partial charge in [-0.1, -0.05) is 34.8 Å². The van der Waals surface area contributed by atoms with Gasteiger partial charge in [0, 0.05) is 7.11 Å². The molecule has 0 rings (SSSR count). The molecule has 0 amide bonds. The van der Waals surface area contributed by atoms with Crippen LogP contribution in [0.25, 0.3) is 0 Å². The second kappa shape index (κ2) is 23.2. The molecule has 48 valence electrons. The predicted molar refractivity (Wildman–Crippen MR) is 31.4 cm³/mol. The van der Waals surface area contributed by atoms with Crippen LogP contribution in [0.5, 0.6) is 0 Å². The van der Waals surface area contributed by atoms with Crippen molar-refractivity contribution in [2.24, 2.45) is 0 Å². The van der Waals surface area contributed by atoms with E-state index in [9.17, 15) is 0 Å². The Bertz CT molecular complexity index is 20.0. The average Bonchev–Trinajstić information content (AvgIpc) is 1.41. The third-order valence-corrected chi connectivity index (χ3v) is 0. The summed E-state index contributed by atoms with van der Waals surface area (Å²) in [4.78, 5) is 0. The van der Waals surface area contributed by atoms with Crippen LogP contribution in [0.15, 0.2) is 0 Å². The molecule has 0 heterocycles. The summed E-state index contributed by atoms with van der Waals surface area (Å²) in [6.45, 7) is 0. The van der Waals surface area contributed by atoms with Crippen LogP contribution in [-0.2, 0) is 0 Å². The second-order valence-corrected chi connectivity index (χ2v) is 2.23. The van der Waals surface area contributed by atoms with Gasteiger partial charge < -0.3 is 10.6 Å². The van der Waals surface area contributed by atoms with Gasteiger partial charge in [-0.25, -0.2) is 0 Å². The Kier molecular flexibility index (Phi) is 65.6. The monoisotopic (exact) mass is 190 g/mol. The molecule has 0 aliphatic heterocycles. The van der Waals surface area contributed by atoms with Gasteiger partial charge in [0.05, 0.1) is 0 Å². The van der Waals surface area contributed by atoms with Crippen LogP contribution >= 0.6 is 34.8 Å². The maximum absolute atomic E-state index is 7.00. The van der Waals surface area contributed by atoms with E-state index in [0.717, 1.165) is 7.11 Å². The van der Waals surface area contributed by atoms with Crippen molar-refractivity contribution in [2.75, 3.05) is 7.11 Å². The molecule has 0 atom stereocenters. The molecule has 0 aromatic heterocycles.